The molecule has 196 valence electrons. The monoisotopic (exact) mass is 545 g/mol. The third kappa shape index (κ3) is 5.99. The first-order valence-corrected chi connectivity index (χ1v) is 12.9. The minimum atomic E-state index is -4.59. The summed E-state index contributed by atoms with van der Waals surface area (Å²) in [4.78, 5) is 26.7. The molecule has 4 rings (SSSR count). The standard InChI is InChI=1S/C25H28Cl2F3N3O3/c1-2-36-24(35)16-5-3-15(4-6-16)11-22(34)32-10-9-19-21(14-32)33(31-23(19)25(28,29)30)13-17-7-8-18(26)12-20(17)27/h7-8,12,15-16H,2-6,9-11,13-14H2,1H3. The van der Waals surface area contributed by atoms with Gasteiger partial charge in [-0.05, 0) is 62.6 Å². The Hall–Kier alpha value is -2.26. The molecule has 1 aromatic carbocycles. The van der Waals surface area contributed by atoms with Crippen molar-refractivity contribution < 1.29 is 27.5 Å². The van der Waals surface area contributed by atoms with Crippen molar-refractivity contribution in [1.29, 1.82) is 0 Å². The summed E-state index contributed by atoms with van der Waals surface area (Å²) >= 11 is 12.2. The summed E-state index contributed by atoms with van der Waals surface area (Å²) in [5.41, 5.74) is 0.180. The molecule has 1 aromatic heterocycles. The molecule has 1 aliphatic carbocycles. The zero-order chi connectivity index (χ0) is 26.0. The average Bonchev–Trinajstić information content (AvgIpc) is 3.20. The Balaban J connectivity index is 1.47. The normalized spacial score (nSPS) is 20.2. The van der Waals surface area contributed by atoms with Crippen LogP contribution in [0.15, 0.2) is 18.2 Å². The zero-order valence-electron chi connectivity index (χ0n) is 19.9. The van der Waals surface area contributed by atoms with E-state index in [0.29, 0.717) is 47.2 Å². The van der Waals surface area contributed by atoms with E-state index in [9.17, 15) is 22.8 Å². The van der Waals surface area contributed by atoms with Crippen LogP contribution in [0.2, 0.25) is 10.0 Å². The summed E-state index contributed by atoms with van der Waals surface area (Å²) in [5, 5.41) is 4.65. The minimum Gasteiger partial charge on any atom is -0.466 e. The second-order valence-corrected chi connectivity index (χ2v) is 10.2. The first-order chi connectivity index (χ1) is 17.1. The van der Waals surface area contributed by atoms with E-state index in [2.05, 4.69) is 5.10 Å². The van der Waals surface area contributed by atoms with Gasteiger partial charge in [0, 0.05) is 28.6 Å². The van der Waals surface area contributed by atoms with E-state index in [0.717, 1.165) is 12.8 Å². The van der Waals surface area contributed by atoms with Crippen LogP contribution in [0.4, 0.5) is 13.2 Å². The molecule has 2 heterocycles. The maximum atomic E-state index is 13.7. The summed E-state index contributed by atoms with van der Waals surface area (Å²) < 4.78 is 47.6. The number of amides is 1. The molecule has 0 spiro atoms. The lowest BCUT2D eigenvalue weighted by atomic mass is 9.80. The number of fused-ring (bicyclic) bond motifs is 1. The molecular weight excluding hydrogens is 518 g/mol. The van der Waals surface area contributed by atoms with Gasteiger partial charge in [-0.25, -0.2) is 0 Å². The van der Waals surface area contributed by atoms with E-state index in [4.69, 9.17) is 27.9 Å². The number of carbonyl (C=O) groups excluding carboxylic acids is 2. The number of rotatable bonds is 6. The summed E-state index contributed by atoms with van der Waals surface area (Å²) in [7, 11) is 0. The van der Waals surface area contributed by atoms with Crippen LogP contribution in [0.3, 0.4) is 0 Å². The number of halogens is 5. The van der Waals surface area contributed by atoms with Gasteiger partial charge in [-0.1, -0.05) is 29.3 Å². The second kappa shape index (κ2) is 11.0. The summed E-state index contributed by atoms with van der Waals surface area (Å²) in [6.45, 7) is 2.43. The maximum absolute atomic E-state index is 13.7. The number of hydrogen-bond acceptors (Lipinski definition) is 4. The van der Waals surface area contributed by atoms with Gasteiger partial charge in [0.2, 0.25) is 5.91 Å². The highest BCUT2D eigenvalue weighted by molar-refractivity contribution is 6.35. The molecule has 2 aromatic rings. The van der Waals surface area contributed by atoms with Crippen LogP contribution in [0.5, 0.6) is 0 Å². The van der Waals surface area contributed by atoms with Gasteiger partial charge < -0.3 is 9.64 Å². The summed E-state index contributed by atoms with van der Waals surface area (Å²) in [6.07, 6.45) is -1.33. The van der Waals surface area contributed by atoms with Gasteiger partial charge in [0.25, 0.3) is 0 Å². The van der Waals surface area contributed by atoms with Crippen LogP contribution in [0.1, 0.15) is 61.5 Å². The number of benzene rings is 1. The molecule has 6 nitrogen and oxygen atoms in total. The Labute approximate surface area is 217 Å². The molecule has 1 saturated carbocycles. The Morgan fingerprint density at radius 3 is 2.53 bits per heavy atom. The SMILES string of the molecule is CCOC(=O)C1CCC(CC(=O)N2CCc3c(C(F)(F)F)nn(Cc4ccc(Cl)cc4Cl)c3C2)CC1. The van der Waals surface area contributed by atoms with Crippen molar-refractivity contribution in [2.45, 2.75) is 64.7 Å². The fourth-order valence-corrected chi connectivity index (χ4v) is 5.57. The van der Waals surface area contributed by atoms with E-state index in [-0.39, 0.29) is 55.3 Å². The highest BCUT2D eigenvalue weighted by Gasteiger charge is 2.41. The van der Waals surface area contributed by atoms with Crippen molar-refractivity contribution in [3.05, 3.63) is 50.8 Å². The zero-order valence-corrected chi connectivity index (χ0v) is 21.4. The van der Waals surface area contributed by atoms with Gasteiger partial charge in [-0.2, -0.15) is 18.3 Å². The largest absolute Gasteiger partial charge is 0.466 e. The van der Waals surface area contributed by atoms with Gasteiger partial charge >= 0.3 is 12.1 Å². The van der Waals surface area contributed by atoms with Crippen LogP contribution in [-0.2, 0) is 40.0 Å². The molecule has 36 heavy (non-hydrogen) atoms. The fraction of sp³-hybridized carbons (Fsp3) is 0.560. The van der Waals surface area contributed by atoms with Crippen molar-refractivity contribution in [2.24, 2.45) is 11.8 Å². The fourth-order valence-electron chi connectivity index (χ4n) is 5.10. The van der Waals surface area contributed by atoms with Crippen LogP contribution in [0, 0.1) is 11.8 Å². The molecule has 0 bridgehead atoms. The number of alkyl halides is 3. The molecule has 0 saturated heterocycles. The van der Waals surface area contributed by atoms with E-state index in [1.54, 1.807) is 24.0 Å². The first-order valence-electron chi connectivity index (χ1n) is 12.1. The van der Waals surface area contributed by atoms with Crippen molar-refractivity contribution in [3.8, 4) is 0 Å². The molecular formula is C25H28Cl2F3N3O3. The van der Waals surface area contributed by atoms with Crippen molar-refractivity contribution in [2.75, 3.05) is 13.2 Å². The second-order valence-electron chi connectivity index (χ2n) is 9.40. The summed E-state index contributed by atoms with van der Waals surface area (Å²) in [5.74, 6) is -0.247. The minimum absolute atomic E-state index is 0.0360. The molecule has 0 unspecified atom stereocenters. The topological polar surface area (TPSA) is 64.4 Å². The van der Waals surface area contributed by atoms with Gasteiger partial charge in [0.15, 0.2) is 5.69 Å². The Kier molecular flexibility index (Phi) is 8.19. The quantitative estimate of drug-likeness (QED) is 0.424. The number of ether oxygens (including phenoxy) is 1. The molecule has 2 aliphatic rings. The van der Waals surface area contributed by atoms with Gasteiger partial charge in [0.1, 0.15) is 0 Å². The van der Waals surface area contributed by atoms with Crippen LogP contribution in [-0.4, -0.2) is 39.7 Å². The van der Waals surface area contributed by atoms with Crippen molar-refractivity contribution >= 4 is 35.1 Å². The molecule has 11 heteroatoms. The highest BCUT2D eigenvalue weighted by atomic mass is 35.5. The Morgan fingerprint density at radius 1 is 1.17 bits per heavy atom. The van der Waals surface area contributed by atoms with Crippen molar-refractivity contribution in [3.63, 3.8) is 0 Å². The van der Waals surface area contributed by atoms with Crippen LogP contribution < -0.4 is 0 Å². The molecule has 1 fully saturated rings. The molecule has 1 aliphatic heterocycles. The lowest BCUT2D eigenvalue weighted by molar-refractivity contribution is -0.149. The van der Waals surface area contributed by atoms with Gasteiger partial charge in [-0.3, -0.25) is 14.3 Å². The van der Waals surface area contributed by atoms with Crippen molar-refractivity contribution in [1.82, 2.24) is 14.7 Å². The predicted octanol–water partition coefficient (Wildman–Crippen LogP) is 5.90. The van der Waals surface area contributed by atoms with Crippen LogP contribution >= 0.6 is 23.2 Å². The third-order valence-corrected chi connectivity index (χ3v) is 7.61. The molecule has 1 amide bonds. The third-order valence-electron chi connectivity index (χ3n) is 7.03. The lowest BCUT2D eigenvalue weighted by Crippen LogP contribution is -2.38. The Morgan fingerprint density at radius 2 is 1.89 bits per heavy atom. The number of aromatic nitrogens is 2. The highest BCUT2D eigenvalue weighted by Crippen LogP contribution is 2.37. The average molecular weight is 546 g/mol. The Bertz CT molecular complexity index is 1130. The molecule has 0 atom stereocenters. The van der Waals surface area contributed by atoms with Crippen LogP contribution in [0.25, 0.3) is 0 Å². The number of carbonyl (C=O) groups is 2. The smallest absolute Gasteiger partial charge is 0.435 e. The number of nitrogens with zero attached hydrogens (tertiary/aromatic N) is 3. The molecule has 0 N–H and O–H groups in total. The van der Waals surface area contributed by atoms with Gasteiger partial charge in [0.05, 0.1) is 31.3 Å². The maximum Gasteiger partial charge on any atom is 0.435 e. The predicted molar refractivity (Wildman–Crippen MR) is 129 cm³/mol. The molecule has 0 radical (unpaired) electrons. The first kappa shape index (κ1) is 26.8. The van der Waals surface area contributed by atoms with E-state index in [1.807, 2.05) is 0 Å². The number of esters is 1. The number of hydrogen-bond donors (Lipinski definition) is 0. The van der Waals surface area contributed by atoms with E-state index >= 15 is 0 Å². The van der Waals surface area contributed by atoms with E-state index < -0.39 is 11.9 Å². The summed E-state index contributed by atoms with van der Waals surface area (Å²) in [6, 6.07) is 4.81. The lowest BCUT2D eigenvalue weighted by Gasteiger charge is -2.31. The van der Waals surface area contributed by atoms with Gasteiger partial charge in [-0.15, -0.1) is 0 Å². The van der Waals surface area contributed by atoms with E-state index in [1.165, 1.54) is 10.7 Å².